The standard InChI is InChI=1S/C16H18N2O7/c19-11(15(22)25-12-8-13(20)18-14(12)21)6-7-17-16(23)24-9-10-4-2-1-3-5-10/h1-5,11-12,19H,6-9H2,(H,17,23)(H,18,20,21)/t11?,12-/m0/s1. The number of carbonyl (C=O) groups excluding carboxylic acids is 4. The lowest BCUT2D eigenvalue weighted by molar-refractivity contribution is -0.162. The normalized spacial score (nSPS) is 17.6. The Hall–Kier alpha value is -2.94. The van der Waals surface area contributed by atoms with Gasteiger partial charge in [-0.15, -0.1) is 0 Å². The number of aliphatic hydroxyl groups excluding tert-OH is 1. The molecule has 0 bridgehead atoms. The largest absolute Gasteiger partial charge is 0.450 e. The van der Waals surface area contributed by atoms with E-state index in [1.165, 1.54) is 0 Å². The Bertz CT molecular complexity index is 647. The van der Waals surface area contributed by atoms with Crippen molar-refractivity contribution in [1.29, 1.82) is 0 Å². The molecule has 1 heterocycles. The van der Waals surface area contributed by atoms with Gasteiger partial charge in [0, 0.05) is 13.0 Å². The molecule has 0 spiro atoms. The Kier molecular flexibility index (Phi) is 6.47. The van der Waals surface area contributed by atoms with Crippen molar-refractivity contribution in [2.24, 2.45) is 0 Å². The van der Waals surface area contributed by atoms with Crippen LogP contribution in [0.1, 0.15) is 18.4 Å². The zero-order chi connectivity index (χ0) is 18.2. The molecule has 1 aliphatic rings. The van der Waals surface area contributed by atoms with Gasteiger partial charge in [-0.05, 0) is 5.56 Å². The number of nitrogens with one attached hydrogen (secondary N) is 2. The summed E-state index contributed by atoms with van der Waals surface area (Å²) in [6, 6.07) is 9.08. The van der Waals surface area contributed by atoms with Crippen molar-refractivity contribution in [3.05, 3.63) is 35.9 Å². The van der Waals surface area contributed by atoms with Gasteiger partial charge in [-0.2, -0.15) is 0 Å². The molecule has 1 aromatic rings. The highest BCUT2D eigenvalue weighted by Gasteiger charge is 2.35. The third-order valence-corrected chi connectivity index (χ3v) is 3.36. The maximum atomic E-state index is 11.6. The van der Waals surface area contributed by atoms with Crippen LogP contribution in [0.25, 0.3) is 0 Å². The summed E-state index contributed by atoms with van der Waals surface area (Å²) in [7, 11) is 0. The van der Waals surface area contributed by atoms with Gasteiger partial charge in [0.25, 0.3) is 5.91 Å². The molecule has 9 heteroatoms. The number of ether oxygens (including phenoxy) is 2. The molecule has 0 radical (unpaired) electrons. The van der Waals surface area contributed by atoms with Gasteiger partial charge in [0.05, 0.1) is 6.42 Å². The quantitative estimate of drug-likeness (QED) is 0.451. The summed E-state index contributed by atoms with van der Waals surface area (Å²) in [6.07, 6.45) is -3.83. The lowest BCUT2D eigenvalue weighted by Crippen LogP contribution is -2.35. The van der Waals surface area contributed by atoms with Crippen LogP contribution in [0.5, 0.6) is 0 Å². The predicted molar refractivity (Wildman–Crippen MR) is 82.9 cm³/mol. The lowest BCUT2D eigenvalue weighted by Gasteiger charge is -2.13. The van der Waals surface area contributed by atoms with Crippen LogP contribution in [0.3, 0.4) is 0 Å². The second-order valence-corrected chi connectivity index (χ2v) is 5.34. The maximum Gasteiger partial charge on any atom is 0.407 e. The average molecular weight is 350 g/mol. The summed E-state index contributed by atoms with van der Waals surface area (Å²) < 4.78 is 9.72. The molecule has 0 aliphatic carbocycles. The Labute approximate surface area is 143 Å². The van der Waals surface area contributed by atoms with E-state index in [1.54, 1.807) is 12.1 Å². The second-order valence-electron chi connectivity index (χ2n) is 5.34. The molecule has 2 rings (SSSR count). The summed E-state index contributed by atoms with van der Waals surface area (Å²) in [4.78, 5) is 45.4. The second kappa shape index (κ2) is 8.78. The first-order chi connectivity index (χ1) is 12.0. The molecule has 2 atom stereocenters. The van der Waals surface area contributed by atoms with Crippen molar-refractivity contribution >= 4 is 23.9 Å². The van der Waals surface area contributed by atoms with Crippen molar-refractivity contribution in [1.82, 2.24) is 10.6 Å². The molecular formula is C16H18N2O7. The highest BCUT2D eigenvalue weighted by atomic mass is 16.6. The van der Waals surface area contributed by atoms with Crippen LogP contribution in [0.4, 0.5) is 4.79 Å². The maximum absolute atomic E-state index is 11.6. The van der Waals surface area contributed by atoms with Gasteiger partial charge in [0.15, 0.2) is 12.2 Å². The van der Waals surface area contributed by atoms with Gasteiger partial charge in [-0.3, -0.25) is 14.9 Å². The van der Waals surface area contributed by atoms with E-state index in [4.69, 9.17) is 9.47 Å². The molecule has 1 unspecified atom stereocenters. The first-order valence-corrected chi connectivity index (χ1v) is 7.62. The van der Waals surface area contributed by atoms with Crippen molar-refractivity contribution < 1.29 is 33.8 Å². The van der Waals surface area contributed by atoms with Crippen LogP contribution in [0, 0.1) is 0 Å². The number of carbonyl (C=O) groups is 4. The molecule has 9 nitrogen and oxygen atoms in total. The summed E-state index contributed by atoms with van der Waals surface area (Å²) in [5.74, 6) is -2.29. The molecule has 134 valence electrons. The number of hydrogen-bond donors (Lipinski definition) is 3. The molecule has 3 N–H and O–H groups in total. The number of rotatable bonds is 7. The molecule has 0 saturated carbocycles. The van der Waals surface area contributed by atoms with E-state index in [0.717, 1.165) is 5.56 Å². The van der Waals surface area contributed by atoms with Crippen LogP contribution in [-0.4, -0.2) is 47.7 Å². The first kappa shape index (κ1) is 18.4. The summed E-state index contributed by atoms with van der Waals surface area (Å²) in [6.45, 7) is 0.0712. The Morgan fingerprint density at radius 1 is 1.28 bits per heavy atom. The van der Waals surface area contributed by atoms with Gasteiger partial charge >= 0.3 is 12.1 Å². The average Bonchev–Trinajstić information content (AvgIpc) is 2.91. The first-order valence-electron chi connectivity index (χ1n) is 7.62. The van der Waals surface area contributed by atoms with E-state index in [1.807, 2.05) is 23.5 Å². The fourth-order valence-corrected chi connectivity index (χ4v) is 2.05. The number of alkyl carbamates (subject to hydrolysis) is 1. The Morgan fingerprint density at radius 2 is 2.00 bits per heavy atom. The molecule has 1 fully saturated rings. The van der Waals surface area contributed by atoms with Crippen LogP contribution in [0.15, 0.2) is 30.3 Å². The lowest BCUT2D eigenvalue weighted by atomic mass is 10.2. The van der Waals surface area contributed by atoms with Gasteiger partial charge in [0.2, 0.25) is 5.91 Å². The fourth-order valence-electron chi connectivity index (χ4n) is 2.05. The van der Waals surface area contributed by atoms with Crippen LogP contribution >= 0.6 is 0 Å². The number of amides is 3. The topological polar surface area (TPSA) is 131 Å². The van der Waals surface area contributed by atoms with Crippen molar-refractivity contribution in [2.45, 2.75) is 31.7 Å². The zero-order valence-corrected chi connectivity index (χ0v) is 13.3. The van der Waals surface area contributed by atoms with E-state index < -0.39 is 36.1 Å². The van der Waals surface area contributed by atoms with Gasteiger partial charge in [-0.25, -0.2) is 9.59 Å². The third kappa shape index (κ3) is 5.88. The minimum absolute atomic E-state index is 0.0281. The van der Waals surface area contributed by atoms with E-state index in [9.17, 15) is 24.3 Å². The Balaban J connectivity index is 1.63. The molecule has 1 aromatic carbocycles. The minimum atomic E-state index is -1.53. The molecule has 1 saturated heterocycles. The van der Waals surface area contributed by atoms with Crippen LogP contribution in [-0.2, 0) is 30.5 Å². The van der Waals surface area contributed by atoms with E-state index in [0.29, 0.717) is 0 Å². The minimum Gasteiger partial charge on any atom is -0.450 e. The van der Waals surface area contributed by atoms with Gasteiger partial charge in [-0.1, -0.05) is 30.3 Å². The van der Waals surface area contributed by atoms with Crippen molar-refractivity contribution in [3.8, 4) is 0 Å². The smallest absolute Gasteiger partial charge is 0.407 e. The van der Waals surface area contributed by atoms with E-state index >= 15 is 0 Å². The SMILES string of the molecule is O=C1C[C@H](OC(=O)C(O)CCNC(=O)OCc2ccccc2)C(=O)N1. The summed E-state index contributed by atoms with van der Waals surface area (Å²) >= 11 is 0. The van der Waals surface area contributed by atoms with E-state index in [-0.39, 0.29) is 26.0 Å². The number of benzene rings is 1. The zero-order valence-electron chi connectivity index (χ0n) is 13.3. The molecule has 0 aromatic heterocycles. The fraction of sp³-hybridized carbons (Fsp3) is 0.375. The highest BCUT2D eigenvalue weighted by molar-refractivity contribution is 6.05. The number of esters is 1. The van der Waals surface area contributed by atoms with E-state index in [2.05, 4.69) is 5.32 Å². The molecule has 25 heavy (non-hydrogen) atoms. The van der Waals surface area contributed by atoms with Gasteiger partial charge < -0.3 is 19.9 Å². The predicted octanol–water partition coefficient (Wildman–Crippen LogP) is -0.378. The molecular weight excluding hydrogens is 332 g/mol. The van der Waals surface area contributed by atoms with Crippen molar-refractivity contribution in [3.63, 3.8) is 0 Å². The highest BCUT2D eigenvalue weighted by Crippen LogP contribution is 2.08. The Morgan fingerprint density at radius 3 is 2.64 bits per heavy atom. The third-order valence-electron chi connectivity index (χ3n) is 3.36. The monoisotopic (exact) mass is 350 g/mol. The number of imide groups is 1. The summed E-state index contributed by atoms with van der Waals surface area (Å²) in [5.41, 5.74) is 0.825. The van der Waals surface area contributed by atoms with Gasteiger partial charge in [0.1, 0.15) is 6.61 Å². The number of aliphatic hydroxyl groups is 1. The van der Waals surface area contributed by atoms with Crippen molar-refractivity contribution in [2.75, 3.05) is 6.54 Å². The van der Waals surface area contributed by atoms with Crippen LogP contribution < -0.4 is 10.6 Å². The van der Waals surface area contributed by atoms with Crippen LogP contribution in [0.2, 0.25) is 0 Å². The summed E-state index contributed by atoms with van der Waals surface area (Å²) in [5, 5.41) is 14.0. The number of hydrogen-bond acceptors (Lipinski definition) is 7. The molecule has 3 amide bonds. The molecule has 1 aliphatic heterocycles.